The molecule has 0 bridgehead atoms. The van der Waals surface area contributed by atoms with Gasteiger partial charge < -0.3 is 10.4 Å². The van der Waals surface area contributed by atoms with Gasteiger partial charge in [-0.3, -0.25) is 4.79 Å². The van der Waals surface area contributed by atoms with Crippen LogP contribution in [-0.2, 0) is 11.2 Å². The van der Waals surface area contributed by atoms with Crippen molar-refractivity contribution < 1.29 is 9.90 Å². The van der Waals surface area contributed by atoms with Gasteiger partial charge in [0.1, 0.15) is 0 Å². The zero-order valence-electron chi connectivity index (χ0n) is 12.1. The van der Waals surface area contributed by atoms with E-state index >= 15 is 0 Å². The van der Waals surface area contributed by atoms with Crippen LogP contribution in [0.2, 0.25) is 0 Å². The lowest BCUT2D eigenvalue weighted by molar-refractivity contribution is -0.126. The van der Waals surface area contributed by atoms with Crippen LogP contribution >= 0.6 is 0 Å². The maximum Gasteiger partial charge on any atom is 0.223 e. The Kier molecular flexibility index (Phi) is 6.57. The molecule has 0 unspecified atom stereocenters. The third-order valence-electron chi connectivity index (χ3n) is 3.59. The van der Waals surface area contributed by atoms with Gasteiger partial charge in [-0.15, -0.1) is 0 Å². The lowest BCUT2D eigenvalue weighted by atomic mass is 10.00. The summed E-state index contributed by atoms with van der Waals surface area (Å²) in [5.41, 5.74) is 1.08. The Bertz CT molecular complexity index is 374. The highest BCUT2D eigenvalue weighted by Crippen LogP contribution is 2.10. The number of rotatable bonds is 7. The molecule has 1 aromatic rings. The van der Waals surface area contributed by atoms with Crippen molar-refractivity contribution in [2.24, 2.45) is 5.92 Å². The van der Waals surface area contributed by atoms with Crippen molar-refractivity contribution in [1.82, 2.24) is 5.32 Å². The van der Waals surface area contributed by atoms with E-state index in [0.717, 1.165) is 18.4 Å². The van der Waals surface area contributed by atoms with Gasteiger partial charge in [0.05, 0.1) is 12.1 Å². The number of nitrogens with one attached hydrogen (secondary N) is 1. The molecule has 0 aliphatic rings. The van der Waals surface area contributed by atoms with Crippen molar-refractivity contribution in [1.29, 1.82) is 0 Å². The van der Waals surface area contributed by atoms with E-state index in [1.807, 2.05) is 51.1 Å². The first kappa shape index (κ1) is 15.7. The van der Waals surface area contributed by atoms with Gasteiger partial charge in [-0.1, -0.05) is 44.2 Å². The summed E-state index contributed by atoms with van der Waals surface area (Å²) in [6.45, 7) is 5.88. The maximum atomic E-state index is 12.0. The minimum Gasteiger partial charge on any atom is -0.391 e. The van der Waals surface area contributed by atoms with Crippen LogP contribution in [0, 0.1) is 5.92 Å². The van der Waals surface area contributed by atoms with Gasteiger partial charge in [0.2, 0.25) is 5.91 Å². The third-order valence-corrected chi connectivity index (χ3v) is 3.59. The number of aliphatic hydroxyl groups is 1. The molecule has 2 atom stereocenters. The summed E-state index contributed by atoms with van der Waals surface area (Å²) in [6, 6.07) is 9.60. The fourth-order valence-corrected chi connectivity index (χ4v) is 2.13. The Hall–Kier alpha value is -1.35. The van der Waals surface area contributed by atoms with Crippen molar-refractivity contribution in [2.45, 2.75) is 52.2 Å². The van der Waals surface area contributed by atoms with Crippen molar-refractivity contribution in [2.75, 3.05) is 0 Å². The van der Waals surface area contributed by atoms with Crippen LogP contribution in [-0.4, -0.2) is 23.2 Å². The van der Waals surface area contributed by atoms with Gasteiger partial charge in [-0.2, -0.15) is 0 Å². The van der Waals surface area contributed by atoms with Crippen LogP contribution in [0.4, 0.5) is 0 Å². The first-order valence-electron chi connectivity index (χ1n) is 7.10. The molecule has 3 heteroatoms. The monoisotopic (exact) mass is 263 g/mol. The molecule has 0 saturated heterocycles. The molecule has 1 amide bonds. The number of carbonyl (C=O) groups excluding carboxylic acids is 1. The van der Waals surface area contributed by atoms with E-state index in [-0.39, 0.29) is 17.9 Å². The van der Waals surface area contributed by atoms with Crippen molar-refractivity contribution in [3.05, 3.63) is 35.9 Å². The number of carbonyl (C=O) groups is 1. The van der Waals surface area contributed by atoms with Gasteiger partial charge >= 0.3 is 0 Å². The number of aliphatic hydroxyl groups excluding tert-OH is 1. The predicted molar refractivity (Wildman–Crippen MR) is 77.8 cm³/mol. The molecule has 1 aromatic carbocycles. The zero-order chi connectivity index (χ0) is 14.3. The van der Waals surface area contributed by atoms with Crippen molar-refractivity contribution >= 4 is 5.91 Å². The summed E-state index contributed by atoms with van der Waals surface area (Å²) in [6.07, 6.45) is 1.68. The molecule has 0 fully saturated rings. The molecule has 0 aliphatic heterocycles. The average molecular weight is 263 g/mol. The topological polar surface area (TPSA) is 49.3 Å². The molecule has 3 nitrogen and oxygen atoms in total. The molecular formula is C16H25NO2. The van der Waals surface area contributed by atoms with E-state index in [2.05, 4.69) is 5.32 Å². The first-order chi connectivity index (χ1) is 9.08. The molecular weight excluding hydrogens is 238 g/mol. The standard InChI is InChI=1S/C16H25NO2/c1-4-14(5-2)16(19)17-12(3)15(18)11-13-9-7-6-8-10-13/h6-10,12,14-15,18H,4-5,11H2,1-3H3,(H,17,19)/t12-,15+/m1/s1. The van der Waals surface area contributed by atoms with Gasteiger partial charge in [0.15, 0.2) is 0 Å². The summed E-state index contributed by atoms with van der Waals surface area (Å²) in [5.74, 6) is 0.0935. The average Bonchev–Trinajstić information content (AvgIpc) is 2.41. The number of amides is 1. The minimum absolute atomic E-state index is 0.0459. The minimum atomic E-state index is -0.555. The summed E-state index contributed by atoms with van der Waals surface area (Å²) < 4.78 is 0. The lowest BCUT2D eigenvalue weighted by Gasteiger charge is -2.22. The van der Waals surface area contributed by atoms with Gasteiger partial charge in [-0.05, 0) is 25.3 Å². The summed E-state index contributed by atoms with van der Waals surface area (Å²) >= 11 is 0. The van der Waals surface area contributed by atoms with Crippen molar-refractivity contribution in [3.63, 3.8) is 0 Å². The number of benzene rings is 1. The Morgan fingerprint density at radius 2 is 1.79 bits per heavy atom. The Morgan fingerprint density at radius 3 is 2.32 bits per heavy atom. The molecule has 0 aliphatic carbocycles. The van der Waals surface area contributed by atoms with Crippen LogP contribution in [0.1, 0.15) is 39.2 Å². The van der Waals surface area contributed by atoms with Crippen LogP contribution in [0.25, 0.3) is 0 Å². The summed E-state index contributed by atoms with van der Waals surface area (Å²) in [4.78, 5) is 12.0. The van der Waals surface area contributed by atoms with E-state index in [1.165, 1.54) is 0 Å². The largest absolute Gasteiger partial charge is 0.391 e. The lowest BCUT2D eigenvalue weighted by Crippen LogP contribution is -2.44. The summed E-state index contributed by atoms with van der Waals surface area (Å²) in [7, 11) is 0. The van der Waals surface area contributed by atoms with Crippen LogP contribution < -0.4 is 5.32 Å². The van der Waals surface area contributed by atoms with Gasteiger partial charge in [-0.25, -0.2) is 0 Å². The van der Waals surface area contributed by atoms with Gasteiger partial charge in [0, 0.05) is 12.3 Å². The van der Waals surface area contributed by atoms with Crippen molar-refractivity contribution in [3.8, 4) is 0 Å². The van der Waals surface area contributed by atoms with E-state index < -0.39 is 6.10 Å². The third kappa shape index (κ3) is 5.03. The molecule has 2 N–H and O–H groups in total. The van der Waals surface area contributed by atoms with Crippen LogP contribution in [0.15, 0.2) is 30.3 Å². The molecule has 0 spiro atoms. The van der Waals surface area contributed by atoms with Gasteiger partial charge in [0.25, 0.3) is 0 Å². The second kappa shape index (κ2) is 7.95. The molecule has 0 aromatic heterocycles. The van der Waals surface area contributed by atoms with Crippen LogP contribution in [0.5, 0.6) is 0 Å². The Balaban J connectivity index is 2.48. The SMILES string of the molecule is CCC(CC)C(=O)N[C@H](C)[C@@H](O)Cc1ccccc1. The summed E-state index contributed by atoms with van der Waals surface area (Å²) in [5, 5.41) is 13.0. The molecule has 106 valence electrons. The van der Waals surface area contributed by atoms with E-state index in [9.17, 15) is 9.90 Å². The Labute approximate surface area is 116 Å². The smallest absolute Gasteiger partial charge is 0.223 e. The molecule has 1 rings (SSSR count). The fourth-order valence-electron chi connectivity index (χ4n) is 2.13. The van der Waals surface area contributed by atoms with E-state index in [1.54, 1.807) is 0 Å². The number of hydrogen-bond donors (Lipinski definition) is 2. The molecule has 19 heavy (non-hydrogen) atoms. The molecule has 0 saturated carbocycles. The normalized spacial score (nSPS) is 14.2. The first-order valence-corrected chi connectivity index (χ1v) is 7.10. The van der Waals surface area contributed by atoms with E-state index in [4.69, 9.17) is 0 Å². The fraction of sp³-hybridized carbons (Fsp3) is 0.562. The highest BCUT2D eigenvalue weighted by atomic mass is 16.3. The maximum absolute atomic E-state index is 12.0. The predicted octanol–water partition coefficient (Wildman–Crippen LogP) is 2.53. The number of hydrogen-bond acceptors (Lipinski definition) is 2. The molecule has 0 radical (unpaired) electrons. The van der Waals surface area contributed by atoms with E-state index in [0.29, 0.717) is 6.42 Å². The zero-order valence-corrected chi connectivity index (χ0v) is 12.1. The second-order valence-corrected chi connectivity index (χ2v) is 5.07. The second-order valence-electron chi connectivity index (χ2n) is 5.07. The molecule has 0 heterocycles. The van der Waals surface area contributed by atoms with Crippen LogP contribution in [0.3, 0.4) is 0 Å². The highest BCUT2D eigenvalue weighted by molar-refractivity contribution is 5.78. The Morgan fingerprint density at radius 1 is 1.21 bits per heavy atom. The quantitative estimate of drug-likeness (QED) is 0.794. The highest BCUT2D eigenvalue weighted by Gasteiger charge is 2.20.